The Labute approximate surface area is 87.6 Å². The minimum absolute atomic E-state index is 0.0995. The quantitative estimate of drug-likeness (QED) is 0.624. The van der Waals surface area contributed by atoms with Gasteiger partial charge in [0.2, 0.25) is 5.91 Å². The molecule has 1 amide bonds. The molecule has 0 aliphatic rings. The summed E-state index contributed by atoms with van der Waals surface area (Å²) in [6.45, 7) is 5.64. The first kappa shape index (κ1) is 13.4. The minimum Gasteiger partial charge on any atom is -0.355 e. The van der Waals surface area contributed by atoms with E-state index in [0.717, 1.165) is 13.0 Å². The van der Waals surface area contributed by atoms with E-state index < -0.39 is 0 Å². The van der Waals surface area contributed by atoms with Gasteiger partial charge in [0.25, 0.3) is 0 Å². The van der Waals surface area contributed by atoms with Crippen LogP contribution in [0.25, 0.3) is 0 Å². The lowest BCUT2D eigenvalue weighted by molar-refractivity contribution is -0.120. The van der Waals surface area contributed by atoms with Crippen LogP contribution in [-0.4, -0.2) is 26.0 Å². The highest BCUT2D eigenvalue weighted by molar-refractivity contribution is 5.77. The predicted octanol–water partition coefficient (Wildman–Crippen LogP) is 1.54. The van der Waals surface area contributed by atoms with E-state index in [9.17, 15) is 4.79 Å². The Morgan fingerprint density at radius 1 is 1.36 bits per heavy atom. The highest BCUT2D eigenvalue weighted by atomic mass is 16.1. The van der Waals surface area contributed by atoms with Gasteiger partial charge in [-0.15, -0.1) is 0 Å². The smallest absolute Gasteiger partial charge is 0.233 e. The van der Waals surface area contributed by atoms with Gasteiger partial charge in [0.05, 0.1) is 6.54 Å². The van der Waals surface area contributed by atoms with Gasteiger partial charge in [-0.3, -0.25) is 4.79 Å². The fourth-order valence-electron chi connectivity index (χ4n) is 1.42. The summed E-state index contributed by atoms with van der Waals surface area (Å²) in [6.07, 6.45) is 4.88. The van der Waals surface area contributed by atoms with Crippen LogP contribution >= 0.6 is 0 Å². The van der Waals surface area contributed by atoms with Crippen molar-refractivity contribution < 1.29 is 4.79 Å². The molecule has 0 saturated carbocycles. The van der Waals surface area contributed by atoms with Crippen molar-refractivity contribution in [3.8, 4) is 0 Å². The number of nitrogens with one attached hydrogen (secondary N) is 2. The molecule has 0 bridgehead atoms. The second-order valence-corrected chi connectivity index (χ2v) is 3.75. The molecule has 0 aromatic rings. The number of carbonyl (C=O) groups excluding carboxylic acids is 1. The summed E-state index contributed by atoms with van der Waals surface area (Å²) in [4.78, 5) is 11.2. The van der Waals surface area contributed by atoms with Gasteiger partial charge in [-0.25, -0.2) is 0 Å². The van der Waals surface area contributed by atoms with Crippen molar-refractivity contribution in [1.29, 1.82) is 0 Å². The standard InChI is InChI=1S/C11H24N2O/c1-4-6-7-10(5-2)8-13-11(14)9-12-3/h10,12H,4-9H2,1-3H3,(H,13,14). The first-order chi connectivity index (χ1) is 6.74. The third-order valence-corrected chi connectivity index (χ3v) is 2.47. The van der Waals surface area contributed by atoms with Gasteiger partial charge in [0.15, 0.2) is 0 Å². The Balaban J connectivity index is 3.55. The van der Waals surface area contributed by atoms with Gasteiger partial charge in [0.1, 0.15) is 0 Å². The zero-order valence-electron chi connectivity index (χ0n) is 9.73. The van der Waals surface area contributed by atoms with E-state index in [2.05, 4.69) is 24.5 Å². The molecule has 3 heteroatoms. The Bertz CT molecular complexity index is 148. The topological polar surface area (TPSA) is 41.1 Å². The molecule has 0 fully saturated rings. The molecule has 0 radical (unpaired) electrons. The monoisotopic (exact) mass is 200 g/mol. The third-order valence-electron chi connectivity index (χ3n) is 2.47. The van der Waals surface area contributed by atoms with Gasteiger partial charge >= 0.3 is 0 Å². The molecular formula is C11H24N2O. The maximum Gasteiger partial charge on any atom is 0.233 e. The maximum atomic E-state index is 11.2. The Kier molecular flexibility index (Phi) is 8.64. The van der Waals surface area contributed by atoms with Crippen LogP contribution in [-0.2, 0) is 4.79 Å². The van der Waals surface area contributed by atoms with Crippen molar-refractivity contribution in [3.63, 3.8) is 0 Å². The van der Waals surface area contributed by atoms with E-state index in [4.69, 9.17) is 0 Å². The second-order valence-electron chi connectivity index (χ2n) is 3.75. The first-order valence-electron chi connectivity index (χ1n) is 5.65. The van der Waals surface area contributed by atoms with E-state index in [-0.39, 0.29) is 5.91 Å². The summed E-state index contributed by atoms with van der Waals surface area (Å²) in [7, 11) is 1.79. The molecule has 0 rings (SSSR count). The van der Waals surface area contributed by atoms with E-state index in [1.807, 2.05) is 0 Å². The Morgan fingerprint density at radius 3 is 2.57 bits per heavy atom. The molecule has 0 aromatic carbocycles. The Hall–Kier alpha value is -0.570. The van der Waals surface area contributed by atoms with E-state index in [0.29, 0.717) is 12.5 Å². The van der Waals surface area contributed by atoms with Crippen LogP contribution in [0.3, 0.4) is 0 Å². The van der Waals surface area contributed by atoms with Crippen LogP contribution < -0.4 is 10.6 Å². The largest absolute Gasteiger partial charge is 0.355 e. The second kappa shape index (κ2) is 9.00. The van der Waals surface area contributed by atoms with Gasteiger partial charge in [-0.05, 0) is 19.4 Å². The summed E-state index contributed by atoms with van der Waals surface area (Å²) in [6, 6.07) is 0. The molecular weight excluding hydrogens is 176 g/mol. The normalized spacial score (nSPS) is 12.5. The molecule has 3 nitrogen and oxygen atoms in total. The van der Waals surface area contributed by atoms with Crippen molar-refractivity contribution in [1.82, 2.24) is 10.6 Å². The van der Waals surface area contributed by atoms with E-state index >= 15 is 0 Å². The minimum atomic E-state index is 0.0995. The predicted molar refractivity (Wildman–Crippen MR) is 60.2 cm³/mol. The number of carbonyl (C=O) groups is 1. The number of likely N-dealkylation sites (N-methyl/N-ethyl adjacent to an activating group) is 1. The summed E-state index contributed by atoms with van der Waals surface area (Å²) in [5, 5.41) is 5.78. The summed E-state index contributed by atoms with van der Waals surface area (Å²) < 4.78 is 0. The molecule has 1 unspecified atom stereocenters. The first-order valence-corrected chi connectivity index (χ1v) is 5.65. The lowest BCUT2D eigenvalue weighted by Crippen LogP contribution is -2.35. The zero-order valence-corrected chi connectivity index (χ0v) is 9.73. The number of hydrogen-bond donors (Lipinski definition) is 2. The average molecular weight is 200 g/mol. The van der Waals surface area contributed by atoms with E-state index in [1.54, 1.807) is 7.05 Å². The molecule has 2 N–H and O–H groups in total. The molecule has 84 valence electrons. The maximum absolute atomic E-state index is 11.2. The van der Waals surface area contributed by atoms with Gasteiger partial charge in [-0.1, -0.05) is 33.1 Å². The highest BCUT2D eigenvalue weighted by Gasteiger charge is 2.07. The fraction of sp³-hybridized carbons (Fsp3) is 0.909. The van der Waals surface area contributed by atoms with Crippen LogP contribution in [0.2, 0.25) is 0 Å². The summed E-state index contributed by atoms with van der Waals surface area (Å²) in [5.41, 5.74) is 0. The van der Waals surface area contributed by atoms with Crippen molar-refractivity contribution in [2.24, 2.45) is 5.92 Å². The van der Waals surface area contributed by atoms with Crippen molar-refractivity contribution in [2.45, 2.75) is 39.5 Å². The fourth-order valence-corrected chi connectivity index (χ4v) is 1.42. The van der Waals surface area contributed by atoms with Crippen LogP contribution in [0.5, 0.6) is 0 Å². The van der Waals surface area contributed by atoms with Crippen LogP contribution in [0.15, 0.2) is 0 Å². The molecule has 14 heavy (non-hydrogen) atoms. The lowest BCUT2D eigenvalue weighted by atomic mass is 9.99. The van der Waals surface area contributed by atoms with Crippen molar-refractivity contribution >= 4 is 5.91 Å². The number of hydrogen-bond acceptors (Lipinski definition) is 2. The molecule has 0 spiro atoms. The molecule has 0 saturated heterocycles. The summed E-state index contributed by atoms with van der Waals surface area (Å²) in [5.74, 6) is 0.748. The zero-order chi connectivity index (χ0) is 10.8. The van der Waals surface area contributed by atoms with Crippen LogP contribution in [0, 0.1) is 5.92 Å². The molecule has 0 aromatic heterocycles. The summed E-state index contributed by atoms with van der Waals surface area (Å²) >= 11 is 0. The van der Waals surface area contributed by atoms with Crippen molar-refractivity contribution in [2.75, 3.05) is 20.1 Å². The van der Waals surface area contributed by atoms with Gasteiger partial charge in [0, 0.05) is 6.54 Å². The Morgan fingerprint density at radius 2 is 2.07 bits per heavy atom. The van der Waals surface area contributed by atoms with Gasteiger partial charge in [-0.2, -0.15) is 0 Å². The lowest BCUT2D eigenvalue weighted by Gasteiger charge is -2.14. The molecule has 0 aliphatic carbocycles. The average Bonchev–Trinajstić information content (AvgIpc) is 2.19. The molecule has 0 aliphatic heterocycles. The van der Waals surface area contributed by atoms with Crippen molar-refractivity contribution in [3.05, 3.63) is 0 Å². The number of amides is 1. The van der Waals surface area contributed by atoms with Crippen LogP contribution in [0.1, 0.15) is 39.5 Å². The van der Waals surface area contributed by atoms with Crippen LogP contribution in [0.4, 0.5) is 0 Å². The number of unbranched alkanes of at least 4 members (excludes halogenated alkanes) is 1. The third kappa shape index (κ3) is 6.89. The molecule has 0 heterocycles. The van der Waals surface area contributed by atoms with Gasteiger partial charge < -0.3 is 10.6 Å². The highest BCUT2D eigenvalue weighted by Crippen LogP contribution is 2.10. The number of rotatable bonds is 8. The molecule has 1 atom stereocenters. The van der Waals surface area contributed by atoms with E-state index in [1.165, 1.54) is 19.3 Å². The SMILES string of the molecule is CCCCC(CC)CNC(=O)CNC.